The predicted octanol–water partition coefficient (Wildman–Crippen LogP) is 2.07. The molecule has 2 rings (SSSR count). The van der Waals surface area contributed by atoms with Crippen LogP contribution in [-0.2, 0) is 4.79 Å². The summed E-state index contributed by atoms with van der Waals surface area (Å²) in [6.45, 7) is 2.51. The van der Waals surface area contributed by atoms with Gasteiger partial charge in [0.25, 0.3) is 0 Å². The lowest BCUT2D eigenvalue weighted by atomic mass is 10.00. The lowest BCUT2D eigenvalue weighted by Gasteiger charge is -2.17. The van der Waals surface area contributed by atoms with Gasteiger partial charge in [-0.1, -0.05) is 36.8 Å². The first kappa shape index (κ1) is 13.1. The number of carbonyl (C=O) groups is 1. The number of carbonyl (C=O) groups excluding carboxylic acids is 1. The zero-order chi connectivity index (χ0) is 13.0. The van der Waals surface area contributed by atoms with Crippen LogP contribution in [-0.4, -0.2) is 23.7 Å². The second kappa shape index (κ2) is 6.01. The summed E-state index contributed by atoms with van der Waals surface area (Å²) in [4.78, 5) is 12.0. The maximum absolute atomic E-state index is 12.0. The number of rotatable bonds is 4. The third kappa shape index (κ3) is 3.10. The van der Waals surface area contributed by atoms with Crippen molar-refractivity contribution in [2.75, 3.05) is 6.54 Å². The number of nitrogens with one attached hydrogen (secondary N) is 1. The van der Waals surface area contributed by atoms with E-state index in [1.54, 1.807) is 0 Å². The molecule has 0 unspecified atom stereocenters. The maximum Gasteiger partial charge on any atom is 0.227 e. The highest BCUT2D eigenvalue weighted by molar-refractivity contribution is 5.83. The van der Waals surface area contributed by atoms with Gasteiger partial charge < -0.3 is 10.4 Å². The summed E-state index contributed by atoms with van der Waals surface area (Å²) in [6, 6.07) is 9.77. The second-order valence-corrected chi connectivity index (χ2v) is 5.14. The molecule has 18 heavy (non-hydrogen) atoms. The van der Waals surface area contributed by atoms with Crippen molar-refractivity contribution in [2.45, 2.75) is 38.2 Å². The Balaban J connectivity index is 1.84. The van der Waals surface area contributed by atoms with Gasteiger partial charge in [-0.25, -0.2) is 0 Å². The molecule has 0 heterocycles. The SMILES string of the molecule is C[C@H](C(=O)NC[C@@H]1CCC[C@@H]1O)c1ccccc1. The minimum atomic E-state index is -0.239. The second-order valence-electron chi connectivity index (χ2n) is 5.14. The summed E-state index contributed by atoms with van der Waals surface area (Å²) in [5, 5.41) is 12.7. The summed E-state index contributed by atoms with van der Waals surface area (Å²) in [6.07, 6.45) is 2.71. The molecule has 1 aliphatic rings. The van der Waals surface area contributed by atoms with Gasteiger partial charge in [0, 0.05) is 12.5 Å². The van der Waals surface area contributed by atoms with Crippen LogP contribution in [0.1, 0.15) is 37.7 Å². The van der Waals surface area contributed by atoms with Crippen LogP contribution in [0.4, 0.5) is 0 Å². The van der Waals surface area contributed by atoms with E-state index in [1.807, 2.05) is 37.3 Å². The van der Waals surface area contributed by atoms with Gasteiger partial charge in [0.05, 0.1) is 12.0 Å². The maximum atomic E-state index is 12.0. The van der Waals surface area contributed by atoms with Gasteiger partial charge in [-0.05, 0) is 25.3 Å². The standard InChI is InChI=1S/C15H21NO2/c1-11(12-6-3-2-4-7-12)15(18)16-10-13-8-5-9-14(13)17/h2-4,6-7,11,13-14,17H,5,8-10H2,1H3,(H,16,18)/t11-,13-,14-/m0/s1. The van der Waals surface area contributed by atoms with Crippen molar-refractivity contribution in [3.05, 3.63) is 35.9 Å². The van der Waals surface area contributed by atoms with E-state index in [-0.39, 0.29) is 23.8 Å². The molecule has 0 spiro atoms. The lowest BCUT2D eigenvalue weighted by Crippen LogP contribution is -2.34. The first-order valence-electron chi connectivity index (χ1n) is 6.69. The molecule has 3 atom stereocenters. The zero-order valence-corrected chi connectivity index (χ0v) is 10.8. The lowest BCUT2D eigenvalue weighted by molar-refractivity contribution is -0.122. The molecule has 3 heteroatoms. The van der Waals surface area contributed by atoms with Crippen molar-refractivity contribution in [2.24, 2.45) is 5.92 Å². The van der Waals surface area contributed by atoms with E-state index in [0.717, 1.165) is 24.8 Å². The Kier molecular flexibility index (Phi) is 4.37. The van der Waals surface area contributed by atoms with Gasteiger partial charge in [-0.15, -0.1) is 0 Å². The summed E-state index contributed by atoms with van der Waals surface area (Å²) >= 11 is 0. The van der Waals surface area contributed by atoms with Crippen molar-refractivity contribution in [3.8, 4) is 0 Å². The number of aliphatic hydroxyl groups is 1. The molecule has 1 saturated carbocycles. The molecular weight excluding hydrogens is 226 g/mol. The minimum absolute atomic E-state index is 0.0419. The molecule has 1 aliphatic carbocycles. The largest absolute Gasteiger partial charge is 0.393 e. The van der Waals surface area contributed by atoms with Crippen LogP contribution >= 0.6 is 0 Å². The molecule has 0 saturated heterocycles. The first-order chi connectivity index (χ1) is 8.68. The summed E-state index contributed by atoms with van der Waals surface area (Å²) in [7, 11) is 0. The smallest absolute Gasteiger partial charge is 0.227 e. The van der Waals surface area contributed by atoms with E-state index in [9.17, 15) is 9.90 Å². The highest BCUT2D eigenvalue weighted by Gasteiger charge is 2.26. The Morgan fingerprint density at radius 2 is 2.11 bits per heavy atom. The Morgan fingerprint density at radius 1 is 1.39 bits per heavy atom. The summed E-state index contributed by atoms with van der Waals surface area (Å²) in [5.74, 6) is 0.141. The van der Waals surface area contributed by atoms with Crippen molar-refractivity contribution >= 4 is 5.91 Å². The van der Waals surface area contributed by atoms with E-state index in [2.05, 4.69) is 5.32 Å². The average molecular weight is 247 g/mol. The van der Waals surface area contributed by atoms with Gasteiger partial charge in [0.15, 0.2) is 0 Å². The highest BCUT2D eigenvalue weighted by atomic mass is 16.3. The van der Waals surface area contributed by atoms with Gasteiger partial charge in [-0.2, -0.15) is 0 Å². The fourth-order valence-corrected chi connectivity index (χ4v) is 2.53. The van der Waals surface area contributed by atoms with Crippen LogP contribution in [0.3, 0.4) is 0 Å². The first-order valence-corrected chi connectivity index (χ1v) is 6.69. The van der Waals surface area contributed by atoms with Crippen molar-refractivity contribution < 1.29 is 9.90 Å². The van der Waals surface area contributed by atoms with E-state index < -0.39 is 0 Å². The number of amides is 1. The Labute approximate surface area is 108 Å². The molecule has 1 aromatic carbocycles. The molecule has 1 fully saturated rings. The third-order valence-corrected chi connectivity index (χ3v) is 3.85. The Bertz CT molecular complexity index is 391. The van der Waals surface area contributed by atoms with Gasteiger partial charge in [0.2, 0.25) is 5.91 Å². The van der Waals surface area contributed by atoms with Crippen LogP contribution in [0.5, 0.6) is 0 Å². The average Bonchev–Trinajstić information content (AvgIpc) is 2.81. The summed E-state index contributed by atoms with van der Waals surface area (Å²) in [5.41, 5.74) is 1.03. The number of aliphatic hydroxyl groups excluding tert-OH is 1. The van der Waals surface area contributed by atoms with Crippen LogP contribution in [0, 0.1) is 5.92 Å². The quantitative estimate of drug-likeness (QED) is 0.855. The fourth-order valence-electron chi connectivity index (χ4n) is 2.53. The van der Waals surface area contributed by atoms with Gasteiger partial charge in [-0.3, -0.25) is 4.79 Å². The fraction of sp³-hybridized carbons (Fsp3) is 0.533. The molecule has 3 nitrogen and oxygen atoms in total. The van der Waals surface area contributed by atoms with E-state index in [1.165, 1.54) is 0 Å². The zero-order valence-electron chi connectivity index (χ0n) is 10.8. The van der Waals surface area contributed by atoms with E-state index in [0.29, 0.717) is 6.54 Å². The van der Waals surface area contributed by atoms with Crippen LogP contribution < -0.4 is 5.32 Å². The molecule has 2 N–H and O–H groups in total. The molecule has 0 radical (unpaired) electrons. The molecular formula is C15H21NO2. The molecule has 0 aromatic heterocycles. The van der Waals surface area contributed by atoms with Crippen LogP contribution in [0.15, 0.2) is 30.3 Å². The molecule has 0 bridgehead atoms. The number of hydrogen-bond acceptors (Lipinski definition) is 2. The normalized spacial score (nSPS) is 24.8. The molecule has 1 aromatic rings. The van der Waals surface area contributed by atoms with E-state index >= 15 is 0 Å². The molecule has 98 valence electrons. The minimum Gasteiger partial charge on any atom is -0.393 e. The highest BCUT2D eigenvalue weighted by Crippen LogP contribution is 2.25. The topological polar surface area (TPSA) is 49.3 Å². The Morgan fingerprint density at radius 3 is 2.72 bits per heavy atom. The van der Waals surface area contributed by atoms with Gasteiger partial charge in [0.1, 0.15) is 0 Å². The van der Waals surface area contributed by atoms with E-state index in [4.69, 9.17) is 0 Å². The van der Waals surface area contributed by atoms with Gasteiger partial charge >= 0.3 is 0 Å². The number of hydrogen-bond donors (Lipinski definition) is 2. The van der Waals surface area contributed by atoms with Crippen molar-refractivity contribution in [3.63, 3.8) is 0 Å². The Hall–Kier alpha value is -1.35. The molecule has 0 aliphatic heterocycles. The van der Waals surface area contributed by atoms with Crippen LogP contribution in [0.2, 0.25) is 0 Å². The molecule has 1 amide bonds. The number of benzene rings is 1. The monoisotopic (exact) mass is 247 g/mol. The summed E-state index contributed by atoms with van der Waals surface area (Å²) < 4.78 is 0. The predicted molar refractivity (Wildman–Crippen MR) is 71.2 cm³/mol. The third-order valence-electron chi connectivity index (χ3n) is 3.85. The van der Waals surface area contributed by atoms with Crippen molar-refractivity contribution in [1.29, 1.82) is 0 Å². The van der Waals surface area contributed by atoms with Crippen molar-refractivity contribution in [1.82, 2.24) is 5.32 Å². The van der Waals surface area contributed by atoms with Crippen LogP contribution in [0.25, 0.3) is 0 Å².